The van der Waals surface area contributed by atoms with Crippen LogP contribution in [-0.4, -0.2) is 37.6 Å². The van der Waals surface area contributed by atoms with E-state index in [-0.39, 0.29) is 23.8 Å². The van der Waals surface area contributed by atoms with Crippen LogP contribution in [0, 0.1) is 10.1 Å². The van der Waals surface area contributed by atoms with Crippen LogP contribution in [0.3, 0.4) is 0 Å². The fourth-order valence-electron chi connectivity index (χ4n) is 3.24. The first-order valence-corrected chi connectivity index (χ1v) is 11.6. The van der Waals surface area contributed by atoms with E-state index < -0.39 is 26.9 Å². The van der Waals surface area contributed by atoms with Crippen LogP contribution in [-0.2, 0) is 21.2 Å². The van der Waals surface area contributed by atoms with Crippen molar-refractivity contribution in [2.45, 2.75) is 45.2 Å². The molecule has 9 heteroatoms. The molecule has 2 unspecified atom stereocenters. The number of non-ortho nitro benzene ring substituents is 1. The Labute approximate surface area is 177 Å². The number of hydrogen-bond donors (Lipinski definition) is 1. The van der Waals surface area contributed by atoms with Crippen molar-refractivity contribution in [1.29, 1.82) is 0 Å². The van der Waals surface area contributed by atoms with E-state index in [1.807, 2.05) is 37.3 Å². The Balaban J connectivity index is 2.19. The van der Waals surface area contributed by atoms with Gasteiger partial charge in [0.25, 0.3) is 5.69 Å². The van der Waals surface area contributed by atoms with Gasteiger partial charge in [0.15, 0.2) is 0 Å². The fourth-order valence-corrected chi connectivity index (χ4v) is 4.45. The summed E-state index contributed by atoms with van der Waals surface area (Å²) < 4.78 is 25.9. The number of nitrogens with one attached hydrogen (secondary N) is 1. The van der Waals surface area contributed by atoms with Gasteiger partial charge in [0, 0.05) is 18.2 Å². The van der Waals surface area contributed by atoms with Crippen LogP contribution < -0.4 is 9.62 Å². The van der Waals surface area contributed by atoms with E-state index in [1.54, 1.807) is 6.92 Å². The van der Waals surface area contributed by atoms with Crippen LogP contribution in [0.25, 0.3) is 0 Å². The van der Waals surface area contributed by atoms with Crippen LogP contribution in [0.5, 0.6) is 0 Å². The predicted octanol–water partition coefficient (Wildman–Crippen LogP) is 3.28. The number of benzene rings is 2. The van der Waals surface area contributed by atoms with Crippen LogP contribution in [0.1, 0.15) is 32.3 Å². The molecule has 0 aliphatic heterocycles. The van der Waals surface area contributed by atoms with Gasteiger partial charge >= 0.3 is 0 Å². The number of hydrogen-bond acceptors (Lipinski definition) is 5. The lowest BCUT2D eigenvalue weighted by Gasteiger charge is -2.31. The summed E-state index contributed by atoms with van der Waals surface area (Å²) in [7, 11) is -3.86. The summed E-state index contributed by atoms with van der Waals surface area (Å²) in [4.78, 5) is 23.4. The summed E-state index contributed by atoms with van der Waals surface area (Å²) in [5.41, 5.74) is 0.998. The summed E-state index contributed by atoms with van der Waals surface area (Å²) in [5.74, 6) is -0.435. The molecule has 1 amide bonds. The maximum atomic E-state index is 12.9. The van der Waals surface area contributed by atoms with Crippen LogP contribution in [0.4, 0.5) is 11.4 Å². The van der Waals surface area contributed by atoms with E-state index >= 15 is 0 Å². The number of anilines is 1. The minimum atomic E-state index is -3.86. The maximum Gasteiger partial charge on any atom is 0.271 e. The second-order valence-corrected chi connectivity index (χ2v) is 9.05. The molecule has 2 atom stereocenters. The summed E-state index contributed by atoms with van der Waals surface area (Å²) in [5, 5.41) is 14.0. The van der Waals surface area contributed by atoms with Crippen molar-refractivity contribution in [1.82, 2.24) is 5.32 Å². The van der Waals surface area contributed by atoms with E-state index in [2.05, 4.69) is 5.32 Å². The van der Waals surface area contributed by atoms with Gasteiger partial charge < -0.3 is 5.32 Å². The van der Waals surface area contributed by atoms with Gasteiger partial charge in [0.05, 0.1) is 16.9 Å². The van der Waals surface area contributed by atoms with Gasteiger partial charge in [-0.25, -0.2) is 8.42 Å². The summed E-state index contributed by atoms with van der Waals surface area (Å²) in [6.45, 7) is 3.57. The number of carbonyl (C=O) groups is 1. The van der Waals surface area contributed by atoms with Gasteiger partial charge in [-0.1, -0.05) is 43.3 Å². The summed E-state index contributed by atoms with van der Waals surface area (Å²) in [6, 6.07) is 14.0. The molecule has 0 bridgehead atoms. The molecule has 2 rings (SSSR count). The molecule has 0 radical (unpaired) electrons. The van der Waals surface area contributed by atoms with Crippen molar-refractivity contribution >= 4 is 27.3 Å². The molecule has 162 valence electrons. The number of carbonyl (C=O) groups excluding carboxylic acids is 1. The number of nitro groups is 1. The third-order valence-electron chi connectivity index (χ3n) is 4.72. The molecule has 2 aromatic rings. The Bertz CT molecular complexity index is 979. The zero-order valence-electron chi connectivity index (χ0n) is 17.3. The molecule has 0 saturated heterocycles. The van der Waals surface area contributed by atoms with Gasteiger partial charge in [0.2, 0.25) is 15.9 Å². The number of nitrogens with zero attached hydrogens (tertiary/aromatic N) is 2. The first-order valence-electron chi connectivity index (χ1n) is 9.71. The Morgan fingerprint density at radius 2 is 1.83 bits per heavy atom. The Hall–Kier alpha value is -2.94. The zero-order chi connectivity index (χ0) is 22.3. The number of rotatable bonds is 10. The van der Waals surface area contributed by atoms with Crippen molar-refractivity contribution in [2.75, 3.05) is 10.6 Å². The average molecular weight is 434 g/mol. The molecule has 2 aromatic carbocycles. The smallest absolute Gasteiger partial charge is 0.271 e. The highest BCUT2D eigenvalue weighted by Crippen LogP contribution is 2.26. The second-order valence-electron chi connectivity index (χ2n) is 7.19. The van der Waals surface area contributed by atoms with Crippen molar-refractivity contribution < 1.29 is 18.1 Å². The predicted molar refractivity (Wildman–Crippen MR) is 117 cm³/mol. The molecular weight excluding hydrogens is 406 g/mol. The normalized spacial score (nSPS) is 13.3. The molecule has 0 fully saturated rings. The summed E-state index contributed by atoms with van der Waals surface area (Å²) in [6.07, 6.45) is 2.68. The number of sulfonamides is 1. The van der Waals surface area contributed by atoms with E-state index in [4.69, 9.17) is 0 Å². The minimum absolute atomic E-state index is 0.0886. The lowest BCUT2D eigenvalue weighted by molar-refractivity contribution is -0.384. The molecule has 8 nitrogen and oxygen atoms in total. The molecule has 0 aliphatic carbocycles. The van der Waals surface area contributed by atoms with Gasteiger partial charge in [-0.2, -0.15) is 0 Å². The molecule has 30 heavy (non-hydrogen) atoms. The van der Waals surface area contributed by atoms with E-state index in [0.29, 0.717) is 6.42 Å². The highest BCUT2D eigenvalue weighted by Gasteiger charge is 2.32. The molecule has 0 aromatic heterocycles. The van der Waals surface area contributed by atoms with Gasteiger partial charge in [-0.15, -0.1) is 0 Å². The number of nitro benzene ring substituents is 1. The number of amides is 1. The first-order chi connectivity index (χ1) is 14.1. The maximum absolute atomic E-state index is 12.9. The quantitative estimate of drug-likeness (QED) is 0.457. The first kappa shape index (κ1) is 23.3. The van der Waals surface area contributed by atoms with E-state index in [9.17, 15) is 23.3 Å². The van der Waals surface area contributed by atoms with Gasteiger partial charge in [-0.05, 0) is 37.8 Å². The summed E-state index contributed by atoms with van der Waals surface area (Å²) >= 11 is 0. The monoisotopic (exact) mass is 433 g/mol. The molecule has 0 saturated carbocycles. The van der Waals surface area contributed by atoms with Crippen LogP contribution in [0.2, 0.25) is 0 Å². The standard InChI is InChI=1S/C21H27N3O5S/c1-4-20(21(25)22-16(2)13-14-17-9-6-5-7-10-17)23(30(3,28)29)18-11-8-12-19(15-18)24(26)27/h5-12,15-16,20H,4,13-14H2,1-3H3,(H,22,25). The zero-order valence-corrected chi connectivity index (χ0v) is 18.1. The third kappa shape index (κ3) is 6.28. The highest BCUT2D eigenvalue weighted by molar-refractivity contribution is 7.92. The minimum Gasteiger partial charge on any atom is -0.352 e. The SMILES string of the molecule is CCC(C(=O)NC(C)CCc1ccccc1)N(c1cccc([N+](=O)[O-])c1)S(C)(=O)=O. The molecule has 0 aliphatic rings. The second kappa shape index (κ2) is 10.2. The third-order valence-corrected chi connectivity index (χ3v) is 5.90. The molecular formula is C21H27N3O5S. The van der Waals surface area contributed by atoms with Crippen LogP contribution in [0.15, 0.2) is 54.6 Å². The Kier molecular flexibility index (Phi) is 7.93. The van der Waals surface area contributed by atoms with Crippen molar-refractivity contribution in [2.24, 2.45) is 0 Å². The number of aryl methyl sites for hydroxylation is 1. The highest BCUT2D eigenvalue weighted by atomic mass is 32.2. The lowest BCUT2D eigenvalue weighted by atomic mass is 10.1. The average Bonchev–Trinajstić information content (AvgIpc) is 2.70. The Morgan fingerprint density at radius 3 is 2.40 bits per heavy atom. The lowest BCUT2D eigenvalue weighted by Crippen LogP contribution is -2.51. The van der Waals surface area contributed by atoms with E-state index in [1.165, 1.54) is 18.2 Å². The topological polar surface area (TPSA) is 110 Å². The van der Waals surface area contributed by atoms with Gasteiger partial charge in [0.1, 0.15) is 6.04 Å². The largest absolute Gasteiger partial charge is 0.352 e. The fraction of sp³-hybridized carbons (Fsp3) is 0.381. The molecule has 0 heterocycles. The van der Waals surface area contributed by atoms with Crippen molar-refractivity contribution in [3.8, 4) is 0 Å². The van der Waals surface area contributed by atoms with Crippen molar-refractivity contribution in [3.63, 3.8) is 0 Å². The van der Waals surface area contributed by atoms with Gasteiger partial charge in [-0.3, -0.25) is 19.2 Å². The van der Waals surface area contributed by atoms with E-state index in [0.717, 1.165) is 28.6 Å². The Morgan fingerprint density at radius 1 is 1.17 bits per heavy atom. The van der Waals surface area contributed by atoms with Crippen LogP contribution >= 0.6 is 0 Å². The van der Waals surface area contributed by atoms with Crippen molar-refractivity contribution in [3.05, 3.63) is 70.3 Å². The molecule has 1 N–H and O–H groups in total. The molecule has 0 spiro atoms.